The third kappa shape index (κ3) is 3.55. The summed E-state index contributed by atoms with van der Waals surface area (Å²) in [5, 5.41) is 3.05. The Labute approximate surface area is 108 Å². The van der Waals surface area contributed by atoms with Gasteiger partial charge < -0.3 is 16.0 Å². The summed E-state index contributed by atoms with van der Waals surface area (Å²) in [4.78, 5) is 14.1. The van der Waals surface area contributed by atoms with Gasteiger partial charge in [-0.2, -0.15) is 0 Å². The molecule has 4 nitrogen and oxygen atoms in total. The first-order valence-corrected chi connectivity index (χ1v) is 6.43. The van der Waals surface area contributed by atoms with Crippen molar-refractivity contribution >= 4 is 5.91 Å². The van der Waals surface area contributed by atoms with Crippen molar-refractivity contribution in [2.45, 2.75) is 24.9 Å². The topological polar surface area (TPSA) is 58.4 Å². The summed E-state index contributed by atoms with van der Waals surface area (Å²) in [5.41, 5.74) is 7.04. The number of nitrogens with zero attached hydrogens (tertiary/aromatic N) is 1. The molecule has 1 aromatic carbocycles. The quantitative estimate of drug-likeness (QED) is 0.831. The van der Waals surface area contributed by atoms with Gasteiger partial charge >= 0.3 is 0 Å². The van der Waals surface area contributed by atoms with Crippen molar-refractivity contribution in [3.05, 3.63) is 35.9 Å². The Bertz CT molecular complexity index is 393. The van der Waals surface area contributed by atoms with Crippen LogP contribution in [-0.2, 0) is 4.79 Å². The summed E-state index contributed by atoms with van der Waals surface area (Å²) in [6.45, 7) is 1.99. The van der Waals surface area contributed by atoms with Crippen molar-refractivity contribution in [1.29, 1.82) is 0 Å². The summed E-state index contributed by atoms with van der Waals surface area (Å²) in [6.07, 6.45) is 1.38. The van der Waals surface area contributed by atoms with Gasteiger partial charge in [-0.3, -0.25) is 4.79 Å². The van der Waals surface area contributed by atoms with Crippen LogP contribution in [0.1, 0.15) is 24.4 Å². The number of amides is 1. The lowest BCUT2D eigenvalue weighted by Gasteiger charge is -2.16. The Balaban J connectivity index is 1.81. The molecule has 1 aliphatic rings. The highest BCUT2D eigenvalue weighted by molar-refractivity contribution is 5.77. The Hall–Kier alpha value is -1.39. The largest absolute Gasteiger partial charge is 0.352 e. The highest BCUT2D eigenvalue weighted by Crippen LogP contribution is 2.14. The lowest BCUT2D eigenvalue weighted by atomic mass is 10.0. The molecule has 0 aliphatic carbocycles. The predicted octanol–water partition coefficient (Wildman–Crippen LogP) is 0.897. The second kappa shape index (κ2) is 5.98. The molecule has 98 valence electrons. The van der Waals surface area contributed by atoms with E-state index in [1.165, 1.54) is 0 Å². The number of likely N-dealkylation sites (N-methyl/N-ethyl adjacent to an activating group) is 1. The minimum Gasteiger partial charge on any atom is -0.352 e. The number of rotatable bonds is 4. The van der Waals surface area contributed by atoms with E-state index in [1.54, 1.807) is 0 Å². The monoisotopic (exact) mass is 247 g/mol. The summed E-state index contributed by atoms with van der Waals surface area (Å²) in [7, 11) is 2.07. The number of nitrogens with two attached hydrogens (primary N) is 1. The van der Waals surface area contributed by atoms with Gasteiger partial charge in [-0.15, -0.1) is 0 Å². The molecule has 0 bridgehead atoms. The number of carbonyl (C=O) groups is 1. The SMILES string of the molecule is CN1CCC(NC(=O)CC(N)c2ccccc2)C1. The Morgan fingerprint density at radius 3 is 2.83 bits per heavy atom. The zero-order chi connectivity index (χ0) is 13.0. The van der Waals surface area contributed by atoms with Gasteiger partial charge in [0.15, 0.2) is 0 Å². The molecule has 1 aliphatic heterocycles. The van der Waals surface area contributed by atoms with Gasteiger partial charge in [-0.1, -0.05) is 30.3 Å². The standard InChI is InChI=1S/C14H21N3O/c1-17-8-7-12(10-17)16-14(18)9-13(15)11-5-3-2-4-6-11/h2-6,12-13H,7-10,15H2,1H3,(H,16,18). The number of likely N-dealkylation sites (tertiary alicyclic amines) is 1. The van der Waals surface area contributed by atoms with Crippen LogP contribution in [0.5, 0.6) is 0 Å². The van der Waals surface area contributed by atoms with E-state index in [2.05, 4.69) is 17.3 Å². The Morgan fingerprint density at radius 2 is 2.22 bits per heavy atom. The number of nitrogens with one attached hydrogen (secondary N) is 1. The van der Waals surface area contributed by atoms with Crippen LogP contribution in [-0.4, -0.2) is 37.0 Å². The van der Waals surface area contributed by atoms with E-state index >= 15 is 0 Å². The van der Waals surface area contributed by atoms with Crippen LogP contribution in [0.15, 0.2) is 30.3 Å². The molecule has 2 unspecified atom stereocenters. The third-order valence-corrected chi connectivity index (χ3v) is 3.39. The van der Waals surface area contributed by atoms with Gasteiger partial charge in [0.1, 0.15) is 0 Å². The summed E-state index contributed by atoms with van der Waals surface area (Å²) in [5.74, 6) is 0.0478. The van der Waals surface area contributed by atoms with Crippen molar-refractivity contribution in [3.8, 4) is 0 Å². The first-order chi connectivity index (χ1) is 8.65. The molecule has 3 N–H and O–H groups in total. The fraction of sp³-hybridized carbons (Fsp3) is 0.500. The van der Waals surface area contributed by atoms with Gasteiger partial charge in [-0.05, 0) is 25.6 Å². The van der Waals surface area contributed by atoms with E-state index in [4.69, 9.17) is 5.73 Å². The number of benzene rings is 1. The van der Waals surface area contributed by atoms with Gasteiger partial charge in [0, 0.05) is 25.0 Å². The first kappa shape index (κ1) is 13.1. The third-order valence-electron chi connectivity index (χ3n) is 3.39. The lowest BCUT2D eigenvalue weighted by molar-refractivity contribution is -0.122. The maximum absolute atomic E-state index is 11.9. The smallest absolute Gasteiger partial charge is 0.222 e. The van der Waals surface area contributed by atoms with Crippen LogP contribution >= 0.6 is 0 Å². The van der Waals surface area contributed by atoms with E-state index < -0.39 is 0 Å². The zero-order valence-electron chi connectivity index (χ0n) is 10.8. The summed E-state index contributed by atoms with van der Waals surface area (Å²) in [6, 6.07) is 9.82. The van der Waals surface area contributed by atoms with Crippen LogP contribution in [0.3, 0.4) is 0 Å². The summed E-state index contributed by atoms with van der Waals surface area (Å²) >= 11 is 0. The zero-order valence-corrected chi connectivity index (χ0v) is 10.8. The molecule has 1 heterocycles. The van der Waals surface area contributed by atoms with Gasteiger partial charge in [-0.25, -0.2) is 0 Å². The number of hydrogen-bond acceptors (Lipinski definition) is 3. The lowest BCUT2D eigenvalue weighted by Crippen LogP contribution is -2.37. The van der Waals surface area contributed by atoms with Crippen LogP contribution in [0.4, 0.5) is 0 Å². The Kier molecular flexibility index (Phi) is 4.33. The van der Waals surface area contributed by atoms with E-state index in [0.29, 0.717) is 6.42 Å². The molecule has 1 saturated heterocycles. The van der Waals surface area contributed by atoms with E-state index in [9.17, 15) is 4.79 Å². The first-order valence-electron chi connectivity index (χ1n) is 6.43. The molecule has 0 spiro atoms. The summed E-state index contributed by atoms with van der Waals surface area (Å²) < 4.78 is 0. The predicted molar refractivity (Wildman–Crippen MR) is 72.0 cm³/mol. The van der Waals surface area contributed by atoms with Gasteiger partial charge in [0.25, 0.3) is 0 Å². The molecular weight excluding hydrogens is 226 g/mol. The second-order valence-electron chi connectivity index (χ2n) is 5.04. The molecular formula is C14H21N3O. The minimum atomic E-state index is -0.217. The molecule has 0 radical (unpaired) electrons. The van der Waals surface area contributed by atoms with E-state index in [0.717, 1.165) is 25.1 Å². The molecule has 0 saturated carbocycles. The maximum Gasteiger partial charge on any atom is 0.222 e. The minimum absolute atomic E-state index is 0.0478. The molecule has 2 atom stereocenters. The second-order valence-corrected chi connectivity index (χ2v) is 5.04. The molecule has 0 aromatic heterocycles. The van der Waals surface area contributed by atoms with Crippen LogP contribution in [0.25, 0.3) is 0 Å². The average molecular weight is 247 g/mol. The van der Waals surface area contributed by atoms with Gasteiger partial charge in [0.05, 0.1) is 0 Å². The van der Waals surface area contributed by atoms with E-state index in [1.807, 2.05) is 30.3 Å². The van der Waals surface area contributed by atoms with Crippen molar-refractivity contribution in [2.75, 3.05) is 20.1 Å². The number of hydrogen-bond donors (Lipinski definition) is 2. The van der Waals surface area contributed by atoms with Crippen molar-refractivity contribution in [2.24, 2.45) is 5.73 Å². The number of carbonyl (C=O) groups excluding carboxylic acids is 1. The fourth-order valence-corrected chi connectivity index (χ4v) is 2.36. The fourth-order valence-electron chi connectivity index (χ4n) is 2.36. The molecule has 18 heavy (non-hydrogen) atoms. The van der Waals surface area contributed by atoms with Crippen molar-refractivity contribution < 1.29 is 4.79 Å². The highest BCUT2D eigenvalue weighted by Gasteiger charge is 2.21. The normalized spacial score (nSPS) is 21.8. The molecule has 2 rings (SSSR count). The maximum atomic E-state index is 11.9. The molecule has 1 fully saturated rings. The highest BCUT2D eigenvalue weighted by atomic mass is 16.1. The van der Waals surface area contributed by atoms with Crippen LogP contribution < -0.4 is 11.1 Å². The molecule has 1 amide bonds. The van der Waals surface area contributed by atoms with E-state index in [-0.39, 0.29) is 18.0 Å². The van der Waals surface area contributed by atoms with Crippen molar-refractivity contribution in [1.82, 2.24) is 10.2 Å². The Morgan fingerprint density at radius 1 is 1.50 bits per heavy atom. The average Bonchev–Trinajstić information content (AvgIpc) is 2.75. The van der Waals surface area contributed by atoms with Crippen LogP contribution in [0, 0.1) is 0 Å². The molecule has 4 heteroatoms. The van der Waals surface area contributed by atoms with Gasteiger partial charge in [0.2, 0.25) is 5.91 Å². The van der Waals surface area contributed by atoms with Crippen LogP contribution in [0.2, 0.25) is 0 Å². The molecule has 1 aromatic rings. The van der Waals surface area contributed by atoms with Crippen molar-refractivity contribution in [3.63, 3.8) is 0 Å².